The molecular formula is C19H30ClN3O4S. The van der Waals surface area contributed by atoms with Crippen LogP contribution in [0.15, 0.2) is 23.2 Å². The van der Waals surface area contributed by atoms with Crippen LogP contribution in [0.5, 0.6) is 0 Å². The zero-order chi connectivity index (χ0) is 20.7. The molecule has 0 aliphatic carbocycles. The molecule has 0 radical (unpaired) electrons. The van der Waals surface area contributed by atoms with Crippen LogP contribution >= 0.6 is 11.6 Å². The zero-order valence-electron chi connectivity index (χ0n) is 16.8. The molecule has 0 bridgehead atoms. The summed E-state index contributed by atoms with van der Waals surface area (Å²) in [5.74, 6) is -0.0736. The number of amides is 1. The van der Waals surface area contributed by atoms with Crippen molar-refractivity contribution in [3.63, 3.8) is 0 Å². The number of carbonyl (C=O) groups is 1. The maximum absolute atomic E-state index is 13.1. The van der Waals surface area contributed by atoms with Crippen molar-refractivity contribution in [1.29, 1.82) is 0 Å². The van der Waals surface area contributed by atoms with Gasteiger partial charge < -0.3 is 9.64 Å². The third-order valence-electron chi connectivity index (χ3n) is 5.35. The molecule has 1 amide bonds. The van der Waals surface area contributed by atoms with Gasteiger partial charge in [0.2, 0.25) is 15.9 Å². The fourth-order valence-electron chi connectivity index (χ4n) is 3.67. The number of nitrogens with zero attached hydrogens (tertiary/aromatic N) is 3. The number of hydrogen-bond acceptors (Lipinski definition) is 5. The van der Waals surface area contributed by atoms with Gasteiger partial charge >= 0.3 is 0 Å². The van der Waals surface area contributed by atoms with E-state index in [1.54, 1.807) is 13.2 Å². The minimum Gasteiger partial charge on any atom is -0.383 e. The lowest BCUT2D eigenvalue weighted by Crippen LogP contribution is -2.48. The fraction of sp³-hybridized carbons (Fsp3) is 0.684. The molecule has 0 unspecified atom stereocenters. The van der Waals surface area contributed by atoms with Gasteiger partial charge in [-0.2, -0.15) is 4.31 Å². The van der Waals surface area contributed by atoms with Crippen LogP contribution in [0, 0.1) is 5.92 Å². The van der Waals surface area contributed by atoms with Gasteiger partial charge in [-0.3, -0.25) is 4.79 Å². The van der Waals surface area contributed by atoms with E-state index in [0.717, 1.165) is 12.8 Å². The Kier molecular flexibility index (Phi) is 8.67. The summed E-state index contributed by atoms with van der Waals surface area (Å²) >= 11 is 5.97. The first-order valence-corrected chi connectivity index (χ1v) is 11.6. The van der Waals surface area contributed by atoms with Gasteiger partial charge in [0.15, 0.2) is 0 Å². The monoisotopic (exact) mass is 431 g/mol. The predicted octanol–water partition coefficient (Wildman–Crippen LogP) is 2.80. The maximum Gasteiger partial charge on any atom is 0.246 e. The van der Waals surface area contributed by atoms with E-state index in [4.69, 9.17) is 16.3 Å². The standard InChI is InChI=1S/C19H30ClN3O4S/c1-4-16(5-2)23(13-14-27-3)19(24)15-8-11-22(12-9-15)28(25,26)17-7-6-10-21-18(17)20/h6-7,10,15-16H,4-5,8-9,11-14H2,1-3H3. The average molecular weight is 432 g/mol. The summed E-state index contributed by atoms with van der Waals surface area (Å²) in [4.78, 5) is 18.9. The molecule has 2 rings (SSSR count). The molecule has 1 aliphatic rings. The number of pyridine rings is 1. The van der Waals surface area contributed by atoms with Crippen molar-refractivity contribution in [3.8, 4) is 0 Å². The number of piperidine rings is 1. The predicted molar refractivity (Wildman–Crippen MR) is 109 cm³/mol. The molecule has 1 aromatic heterocycles. The second kappa shape index (κ2) is 10.5. The second-order valence-corrected chi connectivity index (χ2v) is 9.23. The fourth-order valence-corrected chi connectivity index (χ4v) is 5.57. The first-order chi connectivity index (χ1) is 13.4. The van der Waals surface area contributed by atoms with Gasteiger partial charge in [-0.25, -0.2) is 13.4 Å². The Morgan fingerprint density at radius 3 is 2.54 bits per heavy atom. The lowest BCUT2D eigenvalue weighted by molar-refractivity contribution is -0.140. The summed E-state index contributed by atoms with van der Waals surface area (Å²) in [6.07, 6.45) is 4.23. The molecule has 2 heterocycles. The van der Waals surface area contributed by atoms with Crippen molar-refractivity contribution in [2.24, 2.45) is 5.92 Å². The second-order valence-electron chi connectivity index (χ2n) is 6.97. The van der Waals surface area contributed by atoms with Gasteiger partial charge in [0.05, 0.1) is 6.61 Å². The molecule has 0 atom stereocenters. The topological polar surface area (TPSA) is 79.8 Å². The Morgan fingerprint density at radius 2 is 2.00 bits per heavy atom. The van der Waals surface area contributed by atoms with Crippen LogP contribution in [-0.4, -0.2) is 67.9 Å². The average Bonchev–Trinajstić information content (AvgIpc) is 2.71. The smallest absolute Gasteiger partial charge is 0.246 e. The van der Waals surface area contributed by atoms with Crippen molar-refractivity contribution in [1.82, 2.24) is 14.2 Å². The van der Waals surface area contributed by atoms with Gasteiger partial charge in [0.25, 0.3) is 0 Å². The lowest BCUT2D eigenvalue weighted by Gasteiger charge is -2.37. The van der Waals surface area contributed by atoms with Gasteiger partial charge in [-0.15, -0.1) is 0 Å². The van der Waals surface area contributed by atoms with Crippen LogP contribution in [0.25, 0.3) is 0 Å². The van der Waals surface area contributed by atoms with Crippen LogP contribution in [0.4, 0.5) is 0 Å². The number of rotatable bonds is 9. The molecule has 7 nitrogen and oxygen atoms in total. The van der Waals surface area contributed by atoms with Crippen molar-refractivity contribution < 1.29 is 17.9 Å². The summed E-state index contributed by atoms with van der Waals surface area (Å²) in [6, 6.07) is 3.19. The summed E-state index contributed by atoms with van der Waals surface area (Å²) in [5, 5.41) is -0.0276. The van der Waals surface area contributed by atoms with Crippen LogP contribution < -0.4 is 0 Å². The molecule has 0 spiro atoms. The molecule has 1 saturated heterocycles. The van der Waals surface area contributed by atoms with Gasteiger partial charge in [-0.1, -0.05) is 25.4 Å². The Bertz CT molecular complexity index is 747. The van der Waals surface area contributed by atoms with Gasteiger partial charge in [-0.05, 0) is 37.8 Å². The van der Waals surface area contributed by atoms with Crippen molar-refractivity contribution >= 4 is 27.5 Å². The van der Waals surface area contributed by atoms with Crippen molar-refractivity contribution in [2.75, 3.05) is 33.4 Å². The molecule has 1 fully saturated rings. The van der Waals surface area contributed by atoms with E-state index in [2.05, 4.69) is 18.8 Å². The SMILES string of the molecule is CCC(CC)N(CCOC)C(=O)C1CCN(S(=O)(=O)c2cccnc2Cl)CC1. The molecule has 0 saturated carbocycles. The van der Waals surface area contributed by atoms with Gasteiger partial charge in [0, 0.05) is 44.9 Å². The molecule has 158 valence electrons. The molecule has 1 aliphatic heterocycles. The zero-order valence-corrected chi connectivity index (χ0v) is 18.4. The Labute approximate surface area is 173 Å². The quantitative estimate of drug-likeness (QED) is 0.561. The molecule has 0 N–H and O–H groups in total. The van der Waals surface area contributed by atoms with E-state index in [0.29, 0.717) is 39.1 Å². The highest BCUT2D eigenvalue weighted by Gasteiger charge is 2.35. The Balaban J connectivity index is 2.07. The van der Waals surface area contributed by atoms with Crippen LogP contribution in [0.2, 0.25) is 5.15 Å². The van der Waals surface area contributed by atoms with Gasteiger partial charge in [0.1, 0.15) is 10.0 Å². The summed E-state index contributed by atoms with van der Waals surface area (Å²) in [5.41, 5.74) is 0. The largest absolute Gasteiger partial charge is 0.383 e. The van der Waals surface area contributed by atoms with Crippen LogP contribution in [0.3, 0.4) is 0 Å². The molecule has 9 heteroatoms. The summed E-state index contributed by atoms with van der Waals surface area (Å²) in [7, 11) is -2.08. The van der Waals surface area contributed by atoms with E-state index in [1.807, 2.05) is 4.90 Å². The number of hydrogen-bond donors (Lipinski definition) is 0. The normalized spacial score (nSPS) is 16.5. The number of methoxy groups -OCH3 is 1. The number of carbonyl (C=O) groups excluding carboxylic acids is 1. The Hall–Kier alpha value is -1.22. The minimum atomic E-state index is -3.71. The Morgan fingerprint density at radius 1 is 1.36 bits per heavy atom. The third kappa shape index (κ3) is 5.23. The van der Waals surface area contributed by atoms with Crippen LogP contribution in [0.1, 0.15) is 39.5 Å². The van der Waals surface area contributed by atoms with Crippen LogP contribution in [-0.2, 0) is 19.6 Å². The molecule has 0 aromatic carbocycles. The highest BCUT2D eigenvalue weighted by atomic mass is 35.5. The highest BCUT2D eigenvalue weighted by Crippen LogP contribution is 2.28. The molecule has 28 heavy (non-hydrogen) atoms. The van der Waals surface area contributed by atoms with E-state index in [9.17, 15) is 13.2 Å². The van der Waals surface area contributed by atoms with E-state index >= 15 is 0 Å². The first kappa shape index (κ1) is 23.1. The number of aromatic nitrogens is 1. The van der Waals surface area contributed by atoms with Crippen molar-refractivity contribution in [3.05, 3.63) is 23.5 Å². The molecule has 1 aromatic rings. The van der Waals surface area contributed by atoms with Crippen molar-refractivity contribution in [2.45, 2.75) is 50.5 Å². The van der Waals surface area contributed by atoms with E-state index < -0.39 is 10.0 Å². The first-order valence-electron chi connectivity index (χ1n) is 9.76. The molecular weight excluding hydrogens is 402 g/mol. The number of sulfonamides is 1. The summed E-state index contributed by atoms with van der Waals surface area (Å²) < 4.78 is 32.3. The minimum absolute atomic E-state index is 0.0141. The highest BCUT2D eigenvalue weighted by molar-refractivity contribution is 7.89. The number of ether oxygens (including phenoxy) is 1. The summed E-state index contributed by atoms with van der Waals surface area (Å²) in [6.45, 7) is 5.80. The number of halogens is 1. The lowest BCUT2D eigenvalue weighted by atomic mass is 9.95. The van der Waals surface area contributed by atoms with E-state index in [-0.39, 0.29) is 27.9 Å². The third-order valence-corrected chi connectivity index (χ3v) is 7.69. The maximum atomic E-state index is 13.1. The van der Waals surface area contributed by atoms with E-state index in [1.165, 1.54) is 16.6 Å².